The molecule has 0 spiro atoms. The van der Waals surface area contributed by atoms with Crippen LogP contribution < -0.4 is 10.1 Å². The summed E-state index contributed by atoms with van der Waals surface area (Å²) >= 11 is 0. The average molecular weight is 270 g/mol. The molecule has 1 N–H and O–H groups in total. The van der Waals surface area contributed by atoms with Crippen molar-refractivity contribution in [2.45, 2.75) is 32.4 Å². The van der Waals surface area contributed by atoms with Crippen molar-refractivity contribution in [3.05, 3.63) is 59.9 Å². The van der Waals surface area contributed by atoms with Gasteiger partial charge in [0, 0.05) is 24.4 Å². The van der Waals surface area contributed by atoms with Crippen molar-refractivity contribution in [2.75, 3.05) is 7.05 Å². The number of likely N-dealkylation sites (N-methyl/N-ethyl adjacent to an activating group) is 1. The van der Waals surface area contributed by atoms with Crippen LogP contribution in [-0.2, 0) is 6.42 Å². The van der Waals surface area contributed by atoms with Gasteiger partial charge in [-0.05, 0) is 50.7 Å². The Morgan fingerprint density at radius 1 is 1.10 bits per heavy atom. The SMILES string of the molecule is CNC(Cc1ccccn1)c1ccc(OC(C)C)cc1. The Hall–Kier alpha value is -1.87. The lowest BCUT2D eigenvalue weighted by atomic mass is 10.0. The molecule has 1 aromatic carbocycles. The van der Waals surface area contributed by atoms with Gasteiger partial charge in [0.1, 0.15) is 5.75 Å². The molecule has 0 aliphatic carbocycles. The van der Waals surface area contributed by atoms with Gasteiger partial charge in [-0.15, -0.1) is 0 Å². The Morgan fingerprint density at radius 2 is 1.85 bits per heavy atom. The number of aromatic nitrogens is 1. The molecule has 2 aromatic rings. The van der Waals surface area contributed by atoms with Crippen LogP contribution in [0.15, 0.2) is 48.7 Å². The Labute approximate surface area is 121 Å². The smallest absolute Gasteiger partial charge is 0.119 e. The Kier molecular flexibility index (Phi) is 5.13. The minimum absolute atomic E-state index is 0.203. The van der Waals surface area contributed by atoms with Crippen molar-refractivity contribution in [1.29, 1.82) is 0 Å². The second kappa shape index (κ2) is 7.06. The number of hydrogen-bond donors (Lipinski definition) is 1. The predicted molar refractivity (Wildman–Crippen MR) is 81.9 cm³/mol. The van der Waals surface area contributed by atoms with Gasteiger partial charge in [-0.2, -0.15) is 0 Å². The summed E-state index contributed by atoms with van der Waals surface area (Å²) in [5, 5.41) is 3.35. The molecule has 0 saturated heterocycles. The van der Waals surface area contributed by atoms with Crippen LogP contribution in [-0.4, -0.2) is 18.1 Å². The van der Waals surface area contributed by atoms with Gasteiger partial charge < -0.3 is 10.1 Å². The number of pyridine rings is 1. The van der Waals surface area contributed by atoms with E-state index in [1.54, 1.807) is 0 Å². The number of nitrogens with one attached hydrogen (secondary N) is 1. The predicted octanol–water partition coefficient (Wildman–Crippen LogP) is 3.37. The molecular weight excluding hydrogens is 248 g/mol. The van der Waals surface area contributed by atoms with Gasteiger partial charge in [-0.25, -0.2) is 0 Å². The summed E-state index contributed by atoms with van der Waals surface area (Å²) in [4.78, 5) is 4.38. The molecule has 0 amide bonds. The fraction of sp³-hybridized carbons (Fsp3) is 0.353. The van der Waals surface area contributed by atoms with Gasteiger partial charge in [0.2, 0.25) is 0 Å². The maximum Gasteiger partial charge on any atom is 0.119 e. The highest BCUT2D eigenvalue weighted by atomic mass is 16.5. The maximum absolute atomic E-state index is 5.67. The molecule has 1 aromatic heterocycles. The second-order valence-electron chi connectivity index (χ2n) is 5.10. The van der Waals surface area contributed by atoms with E-state index in [-0.39, 0.29) is 12.1 Å². The first kappa shape index (κ1) is 14.5. The molecule has 3 heteroatoms. The topological polar surface area (TPSA) is 34.2 Å². The van der Waals surface area contributed by atoms with Gasteiger partial charge in [-0.1, -0.05) is 18.2 Å². The number of rotatable bonds is 6. The summed E-state index contributed by atoms with van der Waals surface area (Å²) in [5.41, 5.74) is 2.34. The van der Waals surface area contributed by atoms with Gasteiger partial charge in [0.25, 0.3) is 0 Å². The zero-order valence-corrected chi connectivity index (χ0v) is 12.3. The van der Waals surface area contributed by atoms with Crippen molar-refractivity contribution in [1.82, 2.24) is 10.3 Å². The van der Waals surface area contributed by atoms with Crippen LogP contribution in [0.3, 0.4) is 0 Å². The summed E-state index contributed by atoms with van der Waals surface area (Å²) in [6.45, 7) is 4.07. The number of ether oxygens (including phenoxy) is 1. The van der Waals surface area contributed by atoms with Crippen molar-refractivity contribution in [2.24, 2.45) is 0 Å². The number of nitrogens with zero attached hydrogens (tertiary/aromatic N) is 1. The minimum Gasteiger partial charge on any atom is -0.491 e. The van der Waals surface area contributed by atoms with E-state index in [0.29, 0.717) is 0 Å². The largest absolute Gasteiger partial charge is 0.491 e. The lowest BCUT2D eigenvalue weighted by Crippen LogP contribution is -2.19. The molecule has 106 valence electrons. The molecule has 0 saturated carbocycles. The fourth-order valence-electron chi connectivity index (χ4n) is 2.17. The minimum atomic E-state index is 0.203. The maximum atomic E-state index is 5.67. The third-order valence-corrected chi connectivity index (χ3v) is 3.14. The highest BCUT2D eigenvalue weighted by molar-refractivity contribution is 5.30. The van der Waals surface area contributed by atoms with Crippen LogP contribution in [0.5, 0.6) is 5.75 Å². The Morgan fingerprint density at radius 3 is 2.40 bits per heavy atom. The third-order valence-electron chi connectivity index (χ3n) is 3.14. The molecular formula is C17H22N2O. The monoisotopic (exact) mass is 270 g/mol. The summed E-state index contributed by atoms with van der Waals surface area (Å²) in [6.07, 6.45) is 2.91. The van der Waals surface area contributed by atoms with Crippen molar-refractivity contribution < 1.29 is 4.74 Å². The van der Waals surface area contributed by atoms with Gasteiger partial charge in [-0.3, -0.25) is 4.98 Å². The van der Waals surface area contributed by atoms with Crippen molar-refractivity contribution >= 4 is 0 Å². The Balaban J connectivity index is 2.07. The summed E-state index contributed by atoms with van der Waals surface area (Å²) < 4.78 is 5.67. The standard InChI is InChI=1S/C17H22N2O/c1-13(2)20-16-9-7-14(8-10-16)17(18-3)12-15-6-4-5-11-19-15/h4-11,13,17-18H,12H2,1-3H3. The van der Waals surface area contributed by atoms with Crippen LogP contribution in [0.4, 0.5) is 0 Å². The van der Waals surface area contributed by atoms with E-state index in [9.17, 15) is 0 Å². The van der Waals surface area contributed by atoms with E-state index in [4.69, 9.17) is 4.74 Å². The van der Waals surface area contributed by atoms with E-state index in [1.807, 2.05) is 51.4 Å². The molecule has 0 aliphatic rings. The van der Waals surface area contributed by atoms with Crippen molar-refractivity contribution in [3.63, 3.8) is 0 Å². The highest BCUT2D eigenvalue weighted by Crippen LogP contribution is 2.21. The second-order valence-corrected chi connectivity index (χ2v) is 5.10. The van der Waals surface area contributed by atoms with Crippen molar-refractivity contribution in [3.8, 4) is 5.75 Å². The molecule has 1 unspecified atom stereocenters. The van der Waals surface area contributed by atoms with Gasteiger partial charge in [0.05, 0.1) is 6.10 Å². The fourth-order valence-corrected chi connectivity index (χ4v) is 2.17. The molecule has 0 radical (unpaired) electrons. The van der Waals surface area contributed by atoms with Crippen LogP contribution >= 0.6 is 0 Å². The van der Waals surface area contributed by atoms with E-state index < -0.39 is 0 Å². The van der Waals surface area contributed by atoms with E-state index in [0.717, 1.165) is 17.9 Å². The number of hydrogen-bond acceptors (Lipinski definition) is 3. The normalized spacial score (nSPS) is 12.4. The molecule has 1 atom stereocenters. The lowest BCUT2D eigenvalue weighted by Gasteiger charge is -2.17. The first-order valence-electron chi connectivity index (χ1n) is 7.03. The highest BCUT2D eigenvalue weighted by Gasteiger charge is 2.11. The van der Waals surface area contributed by atoms with Crippen LogP contribution in [0.25, 0.3) is 0 Å². The summed E-state index contributed by atoms with van der Waals surface area (Å²) in [5.74, 6) is 0.913. The molecule has 3 nitrogen and oxygen atoms in total. The summed E-state index contributed by atoms with van der Waals surface area (Å²) in [7, 11) is 1.98. The van der Waals surface area contributed by atoms with Gasteiger partial charge >= 0.3 is 0 Å². The first-order valence-corrected chi connectivity index (χ1v) is 7.03. The lowest BCUT2D eigenvalue weighted by molar-refractivity contribution is 0.242. The zero-order chi connectivity index (χ0) is 14.4. The van der Waals surface area contributed by atoms with E-state index in [2.05, 4.69) is 28.5 Å². The zero-order valence-electron chi connectivity index (χ0n) is 12.3. The summed E-state index contributed by atoms with van der Waals surface area (Å²) in [6, 6.07) is 14.6. The van der Waals surface area contributed by atoms with E-state index in [1.165, 1.54) is 5.56 Å². The van der Waals surface area contributed by atoms with Crippen LogP contribution in [0, 0.1) is 0 Å². The average Bonchev–Trinajstić information content (AvgIpc) is 2.46. The first-order chi connectivity index (χ1) is 9.69. The Bertz CT molecular complexity index is 508. The molecule has 1 heterocycles. The quantitative estimate of drug-likeness (QED) is 0.874. The van der Waals surface area contributed by atoms with Crippen LogP contribution in [0.1, 0.15) is 31.1 Å². The number of benzene rings is 1. The van der Waals surface area contributed by atoms with E-state index >= 15 is 0 Å². The van der Waals surface area contributed by atoms with Crippen LogP contribution in [0.2, 0.25) is 0 Å². The molecule has 2 rings (SSSR count). The third kappa shape index (κ3) is 4.07. The molecule has 0 aliphatic heterocycles. The molecule has 20 heavy (non-hydrogen) atoms. The molecule has 0 bridgehead atoms. The molecule has 0 fully saturated rings. The van der Waals surface area contributed by atoms with Gasteiger partial charge in [0.15, 0.2) is 0 Å².